The van der Waals surface area contributed by atoms with Gasteiger partial charge < -0.3 is 10.2 Å². The van der Waals surface area contributed by atoms with Crippen LogP contribution in [0.3, 0.4) is 0 Å². The fourth-order valence-electron chi connectivity index (χ4n) is 2.53. The number of likely N-dealkylation sites (N-methyl/N-ethyl adjacent to an activating group) is 1. The van der Waals surface area contributed by atoms with Gasteiger partial charge in [-0.25, -0.2) is 4.39 Å². The minimum absolute atomic E-state index is 0.116. The summed E-state index contributed by atoms with van der Waals surface area (Å²) in [5.74, 6) is -1.06. The molecule has 0 aromatic heterocycles. The summed E-state index contributed by atoms with van der Waals surface area (Å²) in [4.78, 5) is 26.2. The largest absolute Gasteiger partial charge is 0.357 e. The van der Waals surface area contributed by atoms with Crippen LogP contribution in [0.1, 0.15) is 18.1 Å². The third kappa shape index (κ3) is 5.03. The Hall–Kier alpha value is -2.40. The van der Waals surface area contributed by atoms with E-state index in [9.17, 15) is 14.0 Å². The highest BCUT2D eigenvalue weighted by Gasteiger charge is 2.26. The molecule has 0 aliphatic carbocycles. The Balaban J connectivity index is 2.25. The molecule has 0 bridgehead atoms. The lowest BCUT2D eigenvalue weighted by Gasteiger charge is -2.28. The van der Waals surface area contributed by atoms with Gasteiger partial charge in [0.05, 0.1) is 6.42 Å². The summed E-state index contributed by atoms with van der Waals surface area (Å²) in [6.07, 6.45) is -0.116. The van der Waals surface area contributed by atoms with Crippen LogP contribution >= 0.6 is 11.6 Å². The second-order valence-electron chi connectivity index (χ2n) is 5.71. The van der Waals surface area contributed by atoms with Crippen molar-refractivity contribution in [2.45, 2.75) is 25.9 Å². The monoisotopic (exact) mass is 362 g/mol. The fraction of sp³-hybridized carbons (Fsp3) is 0.263. The maximum absolute atomic E-state index is 13.9. The molecular formula is C19H20ClFN2O2. The summed E-state index contributed by atoms with van der Waals surface area (Å²) in [6, 6.07) is 12.5. The molecule has 0 aliphatic heterocycles. The van der Waals surface area contributed by atoms with Crippen LogP contribution in [0, 0.1) is 5.82 Å². The lowest BCUT2D eigenvalue weighted by atomic mass is 10.1. The molecule has 0 unspecified atom stereocenters. The highest BCUT2D eigenvalue weighted by molar-refractivity contribution is 6.30. The smallest absolute Gasteiger partial charge is 0.242 e. The normalized spacial score (nSPS) is 11.7. The minimum atomic E-state index is -0.691. The van der Waals surface area contributed by atoms with E-state index in [0.717, 1.165) is 5.56 Å². The van der Waals surface area contributed by atoms with Crippen LogP contribution in [0.4, 0.5) is 4.39 Å². The van der Waals surface area contributed by atoms with Crippen LogP contribution in [0.15, 0.2) is 48.5 Å². The SMILES string of the molecule is CNC(=O)[C@H](C)N(Cc1cccc(Cl)c1)C(=O)Cc1ccccc1F. The lowest BCUT2D eigenvalue weighted by molar-refractivity contribution is -0.139. The number of carbonyl (C=O) groups is 2. The molecule has 0 heterocycles. The molecule has 0 spiro atoms. The Morgan fingerprint density at radius 2 is 1.92 bits per heavy atom. The average Bonchev–Trinajstić information content (AvgIpc) is 2.60. The van der Waals surface area contributed by atoms with E-state index in [-0.39, 0.29) is 24.8 Å². The zero-order chi connectivity index (χ0) is 18.4. The highest BCUT2D eigenvalue weighted by atomic mass is 35.5. The number of benzene rings is 2. The standard InChI is InChI=1S/C19H20ClFN2O2/c1-13(19(25)22-2)23(12-14-6-5-8-16(20)10-14)18(24)11-15-7-3-4-9-17(15)21/h3-10,13H,11-12H2,1-2H3,(H,22,25)/t13-/m0/s1. The average molecular weight is 363 g/mol. The van der Waals surface area contributed by atoms with Crippen molar-refractivity contribution >= 4 is 23.4 Å². The van der Waals surface area contributed by atoms with Gasteiger partial charge in [-0.05, 0) is 36.2 Å². The molecule has 6 heteroatoms. The van der Waals surface area contributed by atoms with Gasteiger partial charge in [0, 0.05) is 18.6 Å². The van der Waals surface area contributed by atoms with Crippen molar-refractivity contribution in [3.05, 3.63) is 70.5 Å². The predicted molar refractivity (Wildman–Crippen MR) is 95.6 cm³/mol. The molecule has 0 radical (unpaired) electrons. The van der Waals surface area contributed by atoms with Crippen LogP contribution in [0.2, 0.25) is 5.02 Å². The molecule has 1 atom stereocenters. The van der Waals surface area contributed by atoms with E-state index >= 15 is 0 Å². The van der Waals surface area contributed by atoms with Crippen molar-refractivity contribution in [3.8, 4) is 0 Å². The molecular weight excluding hydrogens is 343 g/mol. The van der Waals surface area contributed by atoms with E-state index in [4.69, 9.17) is 11.6 Å². The van der Waals surface area contributed by atoms with Gasteiger partial charge in [-0.3, -0.25) is 9.59 Å². The molecule has 0 aliphatic rings. The lowest BCUT2D eigenvalue weighted by Crippen LogP contribution is -2.47. The Morgan fingerprint density at radius 1 is 1.20 bits per heavy atom. The van der Waals surface area contributed by atoms with Crippen molar-refractivity contribution in [2.24, 2.45) is 0 Å². The van der Waals surface area contributed by atoms with Gasteiger partial charge in [-0.2, -0.15) is 0 Å². The topological polar surface area (TPSA) is 49.4 Å². The maximum Gasteiger partial charge on any atom is 0.242 e. The Labute approximate surface area is 151 Å². The zero-order valence-electron chi connectivity index (χ0n) is 14.1. The van der Waals surface area contributed by atoms with Crippen LogP contribution in [0.25, 0.3) is 0 Å². The first-order valence-electron chi connectivity index (χ1n) is 7.91. The quantitative estimate of drug-likeness (QED) is 0.858. The van der Waals surface area contributed by atoms with Crippen LogP contribution in [-0.4, -0.2) is 29.8 Å². The molecule has 2 amide bonds. The number of nitrogens with one attached hydrogen (secondary N) is 1. The molecule has 1 N–H and O–H groups in total. The number of hydrogen-bond donors (Lipinski definition) is 1. The van der Waals surface area contributed by atoms with Gasteiger partial charge in [-0.1, -0.05) is 41.9 Å². The Morgan fingerprint density at radius 3 is 2.56 bits per heavy atom. The van der Waals surface area contributed by atoms with Crippen molar-refractivity contribution in [1.82, 2.24) is 10.2 Å². The van der Waals surface area contributed by atoms with Gasteiger partial charge in [0.15, 0.2) is 0 Å². The summed E-state index contributed by atoms with van der Waals surface area (Å²) >= 11 is 6.00. The molecule has 4 nitrogen and oxygen atoms in total. The highest BCUT2D eigenvalue weighted by Crippen LogP contribution is 2.16. The fourth-order valence-corrected chi connectivity index (χ4v) is 2.74. The summed E-state index contributed by atoms with van der Waals surface area (Å²) < 4.78 is 13.9. The van der Waals surface area contributed by atoms with E-state index in [0.29, 0.717) is 10.6 Å². The number of nitrogens with zero attached hydrogens (tertiary/aromatic N) is 1. The van der Waals surface area contributed by atoms with Gasteiger partial charge in [-0.15, -0.1) is 0 Å². The second-order valence-corrected chi connectivity index (χ2v) is 6.15. The minimum Gasteiger partial charge on any atom is -0.357 e. The number of amides is 2. The van der Waals surface area contributed by atoms with Gasteiger partial charge in [0.1, 0.15) is 11.9 Å². The first kappa shape index (κ1) is 18.9. The molecule has 2 aromatic carbocycles. The first-order chi connectivity index (χ1) is 11.9. The van der Waals surface area contributed by atoms with E-state index in [2.05, 4.69) is 5.32 Å². The van der Waals surface area contributed by atoms with E-state index in [1.807, 2.05) is 6.07 Å². The number of carbonyl (C=O) groups excluding carboxylic acids is 2. The van der Waals surface area contributed by atoms with Crippen molar-refractivity contribution in [3.63, 3.8) is 0 Å². The van der Waals surface area contributed by atoms with E-state index in [1.54, 1.807) is 43.3 Å². The third-order valence-electron chi connectivity index (χ3n) is 3.96. The van der Waals surface area contributed by atoms with Crippen molar-refractivity contribution in [1.29, 1.82) is 0 Å². The summed E-state index contributed by atoms with van der Waals surface area (Å²) in [5, 5.41) is 3.09. The molecule has 2 aromatic rings. The molecule has 0 fully saturated rings. The first-order valence-corrected chi connectivity index (χ1v) is 8.29. The second kappa shape index (κ2) is 8.62. The maximum atomic E-state index is 13.9. The van der Waals surface area contributed by atoms with Crippen molar-refractivity contribution < 1.29 is 14.0 Å². The Kier molecular flexibility index (Phi) is 6.53. The molecule has 0 saturated carbocycles. The molecule has 2 rings (SSSR count). The van der Waals surface area contributed by atoms with Gasteiger partial charge >= 0.3 is 0 Å². The number of rotatable bonds is 6. The van der Waals surface area contributed by atoms with E-state index < -0.39 is 11.9 Å². The molecule has 132 valence electrons. The molecule has 0 saturated heterocycles. The van der Waals surface area contributed by atoms with E-state index in [1.165, 1.54) is 18.0 Å². The van der Waals surface area contributed by atoms with Crippen LogP contribution < -0.4 is 5.32 Å². The number of hydrogen-bond acceptors (Lipinski definition) is 2. The number of halogens is 2. The Bertz CT molecular complexity index is 767. The van der Waals surface area contributed by atoms with Gasteiger partial charge in [0.2, 0.25) is 11.8 Å². The van der Waals surface area contributed by atoms with Crippen molar-refractivity contribution in [2.75, 3.05) is 7.05 Å². The van der Waals surface area contributed by atoms with Crippen LogP contribution in [0.5, 0.6) is 0 Å². The summed E-state index contributed by atoms with van der Waals surface area (Å²) in [7, 11) is 1.51. The summed E-state index contributed by atoms with van der Waals surface area (Å²) in [6.45, 7) is 1.85. The van der Waals surface area contributed by atoms with Gasteiger partial charge in [0.25, 0.3) is 0 Å². The predicted octanol–water partition coefficient (Wildman–Crippen LogP) is 3.18. The molecule has 25 heavy (non-hydrogen) atoms. The third-order valence-corrected chi connectivity index (χ3v) is 4.19. The summed E-state index contributed by atoms with van der Waals surface area (Å²) in [5.41, 5.74) is 1.10. The van der Waals surface area contributed by atoms with Crippen LogP contribution in [-0.2, 0) is 22.6 Å². The zero-order valence-corrected chi connectivity index (χ0v) is 14.9.